The number of nitrogens with zero attached hydrogens (tertiary/aromatic N) is 3. The highest BCUT2D eigenvalue weighted by Crippen LogP contribution is 2.25. The van der Waals surface area contributed by atoms with E-state index >= 15 is 0 Å². The van der Waals surface area contributed by atoms with Crippen molar-refractivity contribution < 1.29 is 9.15 Å². The maximum absolute atomic E-state index is 12.8. The Labute approximate surface area is 183 Å². The summed E-state index contributed by atoms with van der Waals surface area (Å²) in [6.45, 7) is 0. The Hall–Kier alpha value is -3.23. The fourth-order valence-electron chi connectivity index (χ4n) is 3.05. The molecule has 2 aromatic carbocycles. The molecule has 0 saturated heterocycles. The summed E-state index contributed by atoms with van der Waals surface area (Å²) in [6, 6.07) is 19.0. The molecule has 0 bridgehead atoms. The van der Waals surface area contributed by atoms with Crippen LogP contribution in [0.3, 0.4) is 0 Å². The van der Waals surface area contributed by atoms with E-state index in [2.05, 4.69) is 26.0 Å². The SMILES string of the molecule is COc1ccc(-c2nc3s/c(=C\c4ccc(-c5cccc(Br)c5)o4)c(=O)n3n2)cc1. The highest BCUT2D eigenvalue weighted by atomic mass is 79.9. The van der Waals surface area contributed by atoms with Crippen molar-refractivity contribution >= 4 is 38.3 Å². The molecule has 148 valence electrons. The lowest BCUT2D eigenvalue weighted by atomic mass is 10.2. The summed E-state index contributed by atoms with van der Waals surface area (Å²) in [4.78, 5) is 17.8. The van der Waals surface area contributed by atoms with Crippen LogP contribution in [0.2, 0.25) is 0 Å². The molecule has 0 unspecified atom stereocenters. The Kier molecular flexibility index (Phi) is 4.72. The Bertz CT molecular complexity index is 1470. The fraction of sp³-hybridized carbons (Fsp3) is 0.0455. The van der Waals surface area contributed by atoms with Crippen LogP contribution < -0.4 is 14.8 Å². The predicted molar refractivity (Wildman–Crippen MR) is 120 cm³/mol. The van der Waals surface area contributed by atoms with Gasteiger partial charge in [0.2, 0.25) is 4.96 Å². The lowest BCUT2D eigenvalue weighted by molar-refractivity contribution is 0.415. The number of furan rings is 1. The second-order valence-corrected chi connectivity index (χ2v) is 8.41. The Morgan fingerprint density at radius 3 is 2.67 bits per heavy atom. The number of thiazole rings is 1. The van der Waals surface area contributed by atoms with Crippen LogP contribution in [0.4, 0.5) is 0 Å². The molecule has 0 aliphatic heterocycles. The molecule has 0 amide bonds. The average molecular weight is 480 g/mol. The standard InChI is InChI=1S/C22H14BrN3O3S/c1-28-16-7-5-13(6-8-16)20-24-22-26(25-20)21(27)19(30-22)12-17-9-10-18(29-17)14-3-2-4-15(23)11-14/h2-12H,1H3/b19-12-. The summed E-state index contributed by atoms with van der Waals surface area (Å²) in [5, 5.41) is 4.37. The maximum Gasteiger partial charge on any atom is 0.291 e. The number of hydrogen-bond acceptors (Lipinski definition) is 6. The number of benzene rings is 2. The van der Waals surface area contributed by atoms with Crippen LogP contribution in [0.25, 0.3) is 33.7 Å². The minimum Gasteiger partial charge on any atom is -0.497 e. The molecule has 0 saturated carbocycles. The maximum atomic E-state index is 12.8. The predicted octanol–water partition coefficient (Wildman–Crippen LogP) is 4.40. The first-order valence-corrected chi connectivity index (χ1v) is 10.6. The van der Waals surface area contributed by atoms with Gasteiger partial charge in [-0.3, -0.25) is 4.79 Å². The first-order valence-electron chi connectivity index (χ1n) is 9.02. The summed E-state index contributed by atoms with van der Waals surface area (Å²) in [6.07, 6.45) is 1.72. The van der Waals surface area contributed by atoms with Crippen molar-refractivity contribution in [3.63, 3.8) is 0 Å². The van der Waals surface area contributed by atoms with E-state index < -0.39 is 0 Å². The van der Waals surface area contributed by atoms with E-state index in [1.165, 1.54) is 15.9 Å². The van der Waals surface area contributed by atoms with Crippen molar-refractivity contribution in [2.24, 2.45) is 0 Å². The first-order chi connectivity index (χ1) is 14.6. The Morgan fingerprint density at radius 2 is 1.93 bits per heavy atom. The topological polar surface area (TPSA) is 69.6 Å². The first kappa shape index (κ1) is 18.8. The van der Waals surface area contributed by atoms with Gasteiger partial charge in [-0.15, -0.1) is 5.10 Å². The highest BCUT2D eigenvalue weighted by molar-refractivity contribution is 9.10. The van der Waals surface area contributed by atoms with Gasteiger partial charge in [0.05, 0.1) is 7.11 Å². The largest absolute Gasteiger partial charge is 0.497 e. The number of ether oxygens (including phenoxy) is 1. The number of methoxy groups -OCH3 is 1. The highest BCUT2D eigenvalue weighted by Gasteiger charge is 2.13. The van der Waals surface area contributed by atoms with E-state index in [-0.39, 0.29) is 5.56 Å². The van der Waals surface area contributed by atoms with E-state index in [0.29, 0.717) is 21.1 Å². The normalized spacial score (nSPS) is 12.0. The summed E-state index contributed by atoms with van der Waals surface area (Å²) < 4.78 is 13.9. The van der Waals surface area contributed by atoms with E-state index in [4.69, 9.17) is 9.15 Å². The van der Waals surface area contributed by atoms with Gasteiger partial charge in [0.25, 0.3) is 5.56 Å². The van der Waals surface area contributed by atoms with Crippen molar-refractivity contribution in [3.8, 4) is 28.5 Å². The number of fused-ring (bicyclic) bond motifs is 1. The molecular weight excluding hydrogens is 466 g/mol. The zero-order valence-corrected chi connectivity index (χ0v) is 18.1. The van der Waals surface area contributed by atoms with Gasteiger partial charge in [0, 0.05) is 21.7 Å². The second-order valence-electron chi connectivity index (χ2n) is 6.49. The van der Waals surface area contributed by atoms with Crippen LogP contribution in [0.15, 0.2) is 74.3 Å². The molecule has 8 heteroatoms. The van der Waals surface area contributed by atoms with Gasteiger partial charge in [0.15, 0.2) is 5.82 Å². The molecule has 0 aliphatic rings. The van der Waals surface area contributed by atoms with Crippen LogP contribution in [-0.4, -0.2) is 21.7 Å². The Balaban J connectivity index is 1.49. The molecule has 0 spiro atoms. The van der Waals surface area contributed by atoms with Crippen LogP contribution in [0.5, 0.6) is 5.75 Å². The van der Waals surface area contributed by atoms with Crippen molar-refractivity contribution in [1.29, 1.82) is 0 Å². The van der Waals surface area contributed by atoms with Gasteiger partial charge in [-0.2, -0.15) is 9.50 Å². The number of aromatic nitrogens is 3. The molecule has 0 atom stereocenters. The van der Waals surface area contributed by atoms with Gasteiger partial charge in [0.1, 0.15) is 21.8 Å². The molecule has 5 aromatic rings. The minimum atomic E-state index is -0.220. The smallest absolute Gasteiger partial charge is 0.291 e. The van der Waals surface area contributed by atoms with Crippen LogP contribution in [0.1, 0.15) is 5.76 Å². The third-order valence-corrected chi connectivity index (χ3v) is 5.99. The molecule has 0 aliphatic carbocycles. The number of hydrogen-bond donors (Lipinski definition) is 0. The number of rotatable bonds is 4. The van der Waals surface area contributed by atoms with Crippen molar-refractivity contribution in [3.05, 3.63) is 85.8 Å². The second kappa shape index (κ2) is 7.55. The lowest BCUT2D eigenvalue weighted by Crippen LogP contribution is -2.23. The summed E-state index contributed by atoms with van der Waals surface area (Å²) in [7, 11) is 1.61. The molecule has 0 N–H and O–H groups in total. The Morgan fingerprint density at radius 1 is 1.10 bits per heavy atom. The lowest BCUT2D eigenvalue weighted by Gasteiger charge is -1.99. The van der Waals surface area contributed by atoms with E-state index in [1.807, 2.05) is 60.7 Å². The fourth-order valence-corrected chi connectivity index (χ4v) is 4.34. The van der Waals surface area contributed by atoms with Crippen molar-refractivity contribution in [2.75, 3.05) is 7.11 Å². The summed E-state index contributed by atoms with van der Waals surface area (Å²) in [5.41, 5.74) is 1.56. The molecule has 3 heterocycles. The van der Waals surface area contributed by atoms with Gasteiger partial charge >= 0.3 is 0 Å². The molecule has 0 radical (unpaired) electrons. The van der Waals surface area contributed by atoms with Crippen LogP contribution >= 0.6 is 27.3 Å². The summed E-state index contributed by atoms with van der Waals surface area (Å²) >= 11 is 4.74. The van der Waals surface area contributed by atoms with Crippen LogP contribution in [-0.2, 0) is 0 Å². The van der Waals surface area contributed by atoms with Crippen LogP contribution in [0, 0.1) is 0 Å². The van der Waals surface area contributed by atoms with Crippen molar-refractivity contribution in [1.82, 2.24) is 14.6 Å². The summed E-state index contributed by atoms with van der Waals surface area (Å²) in [5.74, 6) is 2.59. The quantitative estimate of drug-likeness (QED) is 0.382. The monoisotopic (exact) mass is 479 g/mol. The van der Waals surface area contributed by atoms with Gasteiger partial charge in [-0.1, -0.05) is 39.4 Å². The molecule has 6 nitrogen and oxygen atoms in total. The molecule has 30 heavy (non-hydrogen) atoms. The third kappa shape index (κ3) is 3.44. The van der Waals surface area contributed by atoms with Gasteiger partial charge < -0.3 is 9.15 Å². The molecular formula is C22H14BrN3O3S. The van der Waals surface area contributed by atoms with Gasteiger partial charge in [-0.05, 0) is 48.5 Å². The zero-order valence-electron chi connectivity index (χ0n) is 15.7. The molecule has 5 rings (SSSR count). The average Bonchev–Trinajstić information content (AvgIpc) is 3.46. The zero-order chi connectivity index (χ0) is 20.7. The van der Waals surface area contributed by atoms with E-state index in [0.717, 1.165) is 27.1 Å². The molecule has 3 aromatic heterocycles. The van der Waals surface area contributed by atoms with Gasteiger partial charge in [-0.25, -0.2) is 0 Å². The number of halogens is 1. The van der Waals surface area contributed by atoms with Crippen molar-refractivity contribution in [2.45, 2.75) is 0 Å². The third-order valence-electron chi connectivity index (χ3n) is 4.54. The van der Waals surface area contributed by atoms with E-state index in [9.17, 15) is 4.79 Å². The van der Waals surface area contributed by atoms with E-state index in [1.54, 1.807) is 13.2 Å². The molecule has 0 fully saturated rings. The minimum absolute atomic E-state index is 0.220.